The van der Waals surface area contributed by atoms with Crippen LogP contribution in [0.25, 0.3) is 0 Å². The lowest BCUT2D eigenvalue weighted by atomic mass is 10.2. The third-order valence-corrected chi connectivity index (χ3v) is 3.26. The van der Waals surface area contributed by atoms with E-state index in [0.29, 0.717) is 22.9 Å². The van der Waals surface area contributed by atoms with Crippen molar-refractivity contribution in [2.75, 3.05) is 24.4 Å². The van der Waals surface area contributed by atoms with Gasteiger partial charge in [-0.25, -0.2) is 4.79 Å². The van der Waals surface area contributed by atoms with E-state index in [1.807, 2.05) is 12.1 Å². The number of anilines is 2. The van der Waals surface area contributed by atoms with Crippen molar-refractivity contribution < 1.29 is 14.3 Å². The second-order valence-corrected chi connectivity index (χ2v) is 5.44. The van der Waals surface area contributed by atoms with Gasteiger partial charge in [-0.05, 0) is 35.9 Å². The normalized spacial score (nSPS) is 10.1. The standard InChI is InChI=1S/C17H18ClN3O3/c1-24-11-16(22)20-14-6-3-7-15(9-14)21-17(23)19-10-12-4-2-5-13(18)8-12/h2-9H,10-11H2,1H3,(H,20,22)(H2,19,21,23). The van der Waals surface area contributed by atoms with Gasteiger partial charge in [-0.2, -0.15) is 0 Å². The molecule has 126 valence electrons. The minimum Gasteiger partial charge on any atom is -0.375 e. The summed E-state index contributed by atoms with van der Waals surface area (Å²) in [5.41, 5.74) is 2.04. The first-order valence-corrected chi connectivity index (χ1v) is 7.63. The predicted molar refractivity (Wildman–Crippen MR) is 94.3 cm³/mol. The predicted octanol–water partition coefficient (Wildman–Crippen LogP) is 3.25. The quantitative estimate of drug-likeness (QED) is 0.750. The highest BCUT2D eigenvalue weighted by Gasteiger charge is 2.05. The van der Waals surface area contributed by atoms with Gasteiger partial charge in [-0.15, -0.1) is 0 Å². The number of ether oxygens (including phenoxy) is 1. The molecule has 0 radical (unpaired) electrons. The van der Waals surface area contributed by atoms with Crippen molar-refractivity contribution in [1.82, 2.24) is 5.32 Å². The Morgan fingerprint density at radius 2 is 1.75 bits per heavy atom. The zero-order valence-electron chi connectivity index (χ0n) is 13.1. The van der Waals surface area contributed by atoms with Crippen LogP contribution in [0, 0.1) is 0 Å². The molecule has 0 saturated carbocycles. The molecule has 6 nitrogen and oxygen atoms in total. The van der Waals surface area contributed by atoms with Gasteiger partial charge in [0.05, 0.1) is 0 Å². The van der Waals surface area contributed by atoms with Crippen molar-refractivity contribution in [3.63, 3.8) is 0 Å². The lowest BCUT2D eigenvalue weighted by molar-refractivity contribution is -0.119. The first-order chi connectivity index (χ1) is 11.6. The van der Waals surface area contributed by atoms with Crippen molar-refractivity contribution >= 4 is 34.9 Å². The molecule has 3 amide bonds. The van der Waals surface area contributed by atoms with Crippen LogP contribution in [0.3, 0.4) is 0 Å². The SMILES string of the molecule is COCC(=O)Nc1cccc(NC(=O)NCc2cccc(Cl)c2)c1. The maximum absolute atomic E-state index is 11.9. The van der Waals surface area contributed by atoms with Crippen LogP contribution in [0.2, 0.25) is 5.02 Å². The second kappa shape index (κ2) is 8.90. The number of carbonyl (C=O) groups excluding carboxylic acids is 2. The van der Waals surface area contributed by atoms with Gasteiger partial charge in [0.1, 0.15) is 6.61 Å². The summed E-state index contributed by atoms with van der Waals surface area (Å²) in [6.07, 6.45) is 0. The van der Waals surface area contributed by atoms with Crippen LogP contribution in [0.1, 0.15) is 5.56 Å². The van der Waals surface area contributed by atoms with Crippen molar-refractivity contribution in [3.8, 4) is 0 Å². The molecule has 0 unspecified atom stereocenters. The Hall–Kier alpha value is -2.57. The van der Waals surface area contributed by atoms with E-state index >= 15 is 0 Å². The van der Waals surface area contributed by atoms with Crippen molar-refractivity contribution in [2.24, 2.45) is 0 Å². The lowest BCUT2D eigenvalue weighted by Gasteiger charge is -2.10. The van der Waals surface area contributed by atoms with Gasteiger partial charge in [-0.1, -0.05) is 29.8 Å². The zero-order valence-corrected chi connectivity index (χ0v) is 13.9. The molecule has 0 saturated heterocycles. The summed E-state index contributed by atoms with van der Waals surface area (Å²) in [5, 5.41) is 8.74. The Kier molecular flexibility index (Phi) is 6.60. The molecule has 24 heavy (non-hydrogen) atoms. The van der Waals surface area contributed by atoms with Gasteiger partial charge in [0.15, 0.2) is 0 Å². The summed E-state index contributed by atoms with van der Waals surface area (Å²) in [7, 11) is 1.45. The van der Waals surface area contributed by atoms with E-state index in [-0.39, 0.29) is 18.5 Å². The number of rotatable bonds is 6. The van der Waals surface area contributed by atoms with Crippen LogP contribution >= 0.6 is 11.6 Å². The summed E-state index contributed by atoms with van der Waals surface area (Å²) in [6, 6.07) is 13.7. The van der Waals surface area contributed by atoms with Crippen molar-refractivity contribution in [2.45, 2.75) is 6.54 Å². The smallest absolute Gasteiger partial charge is 0.319 e. The summed E-state index contributed by atoms with van der Waals surface area (Å²) < 4.78 is 4.75. The fraction of sp³-hybridized carbons (Fsp3) is 0.176. The van der Waals surface area contributed by atoms with Gasteiger partial charge < -0.3 is 20.7 Å². The molecule has 2 rings (SSSR count). The van der Waals surface area contributed by atoms with Crippen LogP contribution < -0.4 is 16.0 Å². The van der Waals surface area contributed by atoms with E-state index in [9.17, 15) is 9.59 Å². The molecular formula is C17H18ClN3O3. The molecule has 7 heteroatoms. The molecule has 2 aromatic carbocycles. The largest absolute Gasteiger partial charge is 0.375 e. The van der Waals surface area contributed by atoms with Crippen molar-refractivity contribution in [3.05, 3.63) is 59.1 Å². The van der Waals surface area contributed by atoms with E-state index in [4.69, 9.17) is 16.3 Å². The fourth-order valence-corrected chi connectivity index (χ4v) is 2.22. The highest BCUT2D eigenvalue weighted by molar-refractivity contribution is 6.30. The lowest BCUT2D eigenvalue weighted by Crippen LogP contribution is -2.28. The number of urea groups is 1. The Morgan fingerprint density at radius 1 is 1.04 bits per heavy atom. The van der Waals surface area contributed by atoms with Crippen LogP contribution in [-0.2, 0) is 16.1 Å². The Morgan fingerprint density at radius 3 is 2.46 bits per heavy atom. The fourth-order valence-electron chi connectivity index (χ4n) is 2.01. The minimum atomic E-state index is -0.352. The van der Waals surface area contributed by atoms with E-state index in [2.05, 4.69) is 16.0 Å². The number of halogens is 1. The molecule has 0 aliphatic carbocycles. The molecule has 2 aromatic rings. The van der Waals surface area contributed by atoms with Gasteiger partial charge in [0.25, 0.3) is 0 Å². The second-order valence-electron chi connectivity index (χ2n) is 5.00. The summed E-state index contributed by atoms with van der Waals surface area (Å²) in [6.45, 7) is 0.328. The Bertz CT molecular complexity index is 722. The molecule has 0 spiro atoms. The minimum absolute atomic E-state index is 0.0300. The number of methoxy groups -OCH3 is 1. The highest BCUT2D eigenvalue weighted by atomic mass is 35.5. The van der Waals surface area contributed by atoms with Gasteiger partial charge in [-0.3, -0.25) is 4.79 Å². The van der Waals surface area contributed by atoms with Gasteiger partial charge in [0.2, 0.25) is 5.91 Å². The summed E-state index contributed by atoms with van der Waals surface area (Å²) in [5.74, 6) is -0.264. The number of amides is 3. The van der Waals surface area contributed by atoms with Crippen LogP contribution in [0.4, 0.5) is 16.2 Å². The van der Waals surface area contributed by atoms with E-state index in [0.717, 1.165) is 5.56 Å². The summed E-state index contributed by atoms with van der Waals surface area (Å²) >= 11 is 5.90. The first kappa shape index (κ1) is 17.8. The van der Waals surface area contributed by atoms with Gasteiger partial charge in [0, 0.05) is 30.1 Å². The summed E-state index contributed by atoms with van der Waals surface area (Å²) in [4.78, 5) is 23.4. The number of hydrogen-bond donors (Lipinski definition) is 3. The Balaban J connectivity index is 1.88. The molecule has 0 fully saturated rings. The van der Waals surface area contributed by atoms with E-state index < -0.39 is 0 Å². The van der Waals surface area contributed by atoms with Crippen molar-refractivity contribution in [1.29, 1.82) is 0 Å². The molecule has 0 heterocycles. The number of hydrogen-bond acceptors (Lipinski definition) is 3. The van der Waals surface area contributed by atoms with E-state index in [1.165, 1.54) is 7.11 Å². The number of benzene rings is 2. The van der Waals surface area contributed by atoms with Crippen LogP contribution in [0.15, 0.2) is 48.5 Å². The molecule has 0 aromatic heterocycles. The van der Waals surface area contributed by atoms with E-state index in [1.54, 1.807) is 36.4 Å². The topological polar surface area (TPSA) is 79.5 Å². The molecular weight excluding hydrogens is 330 g/mol. The molecule has 0 aliphatic rings. The highest BCUT2D eigenvalue weighted by Crippen LogP contribution is 2.15. The maximum atomic E-state index is 11.9. The third kappa shape index (κ3) is 5.91. The molecule has 0 aliphatic heterocycles. The average Bonchev–Trinajstić information content (AvgIpc) is 2.53. The maximum Gasteiger partial charge on any atom is 0.319 e. The molecule has 0 bridgehead atoms. The molecule has 3 N–H and O–H groups in total. The number of carbonyl (C=O) groups is 2. The monoisotopic (exact) mass is 347 g/mol. The van der Waals surface area contributed by atoms with Gasteiger partial charge >= 0.3 is 6.03 Å². The first-order valence-electron chi connectivity index (χ1n) is 7.25. The third-order valence-electron chi connectivity index (χ3n) is 3.02. The van der Waals surface area contributed by atoms with Crippen LogP contribution in [0.5, 0.6) is 0 Å². The number of nitrogens with one attached hydrogen (secondary N) is 3. The Labute approximate surface area is 145 Å². The van der Waals surface area contributed by atoms with Crippen LogP contribution in [-0.4, -0.2) is 25.7 Å². The molecule has 0 atom stereocenters. The zero-order chi connectivity index (χ0) is 17.4. The average molecular weight is 348 g/mol.